The molecule has 194 valence electrons. The standard InChI is InChI=1S/C28H32N4O4S/c29-28(31-34)23-8-6-7-21(17-23)19-32(24-9-2-1-3-10-24)27(33)18-20-13-15-22(16-14-20)25-11-4-5-12-26(25)37(30,35)36/h4-8,11-17,24,34H,1-3,9-10,18-19H2,(H2,29,31)(H2,30,35,36). The average Bonchev–Trinajstić information content (AvgIpc) is 2.92. The number of carbonyl (C=O) groups is 1. The lowest BCUT2D eigenvalue weighted by Crippen LogP contribution is -2.41. The van der Waals surface area contributed by atoms with Gasteiger partial charge in [-0.25, -0.2) is 13.6 Å². The molecule has 4 rings (SSSR count). The van der Waals surface area contributed by atoms with Crippen molar-refractivity contribution in [2.24, 2.45) is 16.0 Å². The van der Waals surface area contributed by atoms with Gasteiger partial charge in [0.05, 0.1) is 11.3 Å². The highest BCUT2D eigenvalue weighted by Gasteiger charge is 2.26. The molecule has 0 heterocycles. The molecule has 3 aromatic rings. The summed E-state index contributed by atoms with van der Waals surface area (Å²) < 4.78 is 24.0. The van der Waals surface area contributed by atoms with Crippen LogP contribution in [0.3, 0.4) is 0 Å². The van der Waals surface area contributed by atoms with E-state index in [4.69, 9.17) is 16.1 Å². The van der Waals surface area contributed by atoms with Crippen molar-refractivity contribution in [1.29, 1.82) is 0 Å². The molecule has 1 aliphatic carbocycles. The Labute approximate surface area is 217 Å². The Morgan fingerprint density at radius 1 is 0.946 bits per heavy atom. The van der Waals surface area contributed by atoms with Crippen molar-refractivity contribution in [2.45, 2.75) is 56.0 Å². The van der Waals surface area contributed by atoms with E-state index in [9.17, 15) is 13.2 Å². The van der Waals surface area contributed by atoms with E-state index in [1.54, 1.807) is 24.3 Å². The summed E-state index contributed by atoms with van der Waals surface area (Å²) in [6.07, 6.45) is 5.53. The van der Waals surface area contributed by atoms with Gasteiger partial charge in [0, 0.05) is 23.7 Å². The molecule has 1 amide bonds. The number of hydrogen-bond donors (Lipinski definition) is 3. The van der Waals surface area contributed by atoms with Crippen molar-refractivity contribution in [3.8, 4) is 11.1 Å². The Hall–Kier alpha value is -3.69. The van der Waals surface area contributed by atoms with Crippen molar-refractivity contribution in [1.82, 2.24) is 4.90 Å². The second-order valence-corrected chi connectivity index (χ2v) is 10.9. The van der Waals surface area contributed by atoms with E-state index in [2.05, 4.69) is 5.16 Å². The van der Waals surface area contributed by atoms with Gasteiger partial charge in [0.15, 0.2) is 5.84 Å². The third-order valence-electron chi connectivity index (χ3n) is 6.83. The van der Waals surface area contributed by atoms with E-state index in [-0.39, 0.29) is 29.1 Å². The van der Waals surface area contributed by atoms with Crippen LogP contribution in [0, 0.1) is 0 Å². The first kappa shape index (κ1) is 26.4. The Morgan fingerprint density at radius 2 is 1.65 bits per heavy atom. The van der Waals surface area contributed by atoms with E-state index < -0.39 is 10.0 Å². The number of rotatable bonds is 8. The highest BCUT2D eigenvalue weighted by molar-refractivity contribution is 7.89. The molecule has 0 spiro atoms. The minimum Gasteiger partial charge on any atom is -0.409 e. The lowest BCUT2D eigenvalue weighted by atomic mass is 9.93. The lowest BCUT2D eigenvalue weighted by molar-refractivity contribution is -0.134. The van der Waals surface area contributed by atoms with Crippen molar-refractivity contribution < 1.29 is 18.4 Å². The van der Waals surface area contributed by atoms with E-state index in [0.29, 0.717) is 23.2 Å². The zero-order chi connectivity index (χ0) is 26.4. The smallest absolute Gasteiger partial charge is 0.238 e. The molecule has 0 atom stereocenters. The number of hydrogen-bond acceptors (Lipinski definition) is 5. The number of nitrogens with zero attached hydrogens (tertiary/aromatic N) is 2. The monoisotopic (exact) mass is 520 g/mol. The van der Waals surface area contributed by atoms with Crippen LogP contribution in [0.25, 0.3) is 11.1 Å². The molecule has 0 unspecified atom stereocenters. The molecular weight excluding hydrogens is 488 g/mol. The molecule has 0 radical (unpaired) electrons. The molecular formula is C28H32N4O4S. The summed E-state index contributed by atoms with van der Waals surface area (Å²) in [5.41, 5.74) is 9.36. The first-order valence-electron chi connectivity index (χ1n) is 12.3. The number of amidine groups is 1. The first-order valence-corrected chi connectivity index (χ1v) is 13.9. The number of carbonyl (C=O) groups excluding carboxylic acids is 1. The van der Waals surface area contributed by atoms with Gasteiger partial charge in [0.1, 0.15) is 0 Å². The zero-order valence-electron chi connectivity index (χ0n) is 20.6. The van der Waals surface area contributed by atoms with Crippen LogP contribution in [-0.4, -0.2) is 36.3 Å². The Kier molecular flexibility index (Phi) is 8.25. The predicted molar refractivity (Wildman–Crippen MR) is 143 cm³/mol. The molecule has 0 aromatic heterocycles. The van der Waals surface area contributed by atoms with Crippen LogP contribution < -0.4 is 10.9 Å². The van der Waals surface area contributed by atoms with E-state index >= 15 is 0 Å². The Balaban J connectivity index is 1.55. The maximum Gasteiger partial charge on any atom is 0.238 e. The topological polar surface area (TPSA) is 139 Å². The van der Waals surface area contributed by atoms with Gasteiger partial charge in [-0.1, -0.05) is 85.1 Å². The van der Waals surface area contributed by atoms with Crippen LogP contribution in [-0.2, 0) is 27.8 Å². The summed E-state index contributed by atoms with van der Waals surface area (Å²) in [6.45, 7) is 0.440. The second kappa shape index (κ2) is 11.6. The molecule has 9 heteroatoms. The third kappa shape index (κ3) is 6.55. The molecule has 1 saturated carbocycles. The van der Waals surface area contributed by atoms with Crippen LogP contribution >= 0.6 is 0 Å². The van der Waals surface area contributed by atoms with Crippen LogP contribution in [0.4, 0.5) is 0 Å². The number of benzene rings is 3. The summed E-state index contributed by atoms with van der Waals surface area (Å²) in [4.78, 5) is 15.6. The number of sulfonamides is 1. The van der Waals surface area contributed by atoms with Gasteiger partial charge in [-0.3, -0.25) is 4.79 Å². The van der Waals surface area contributed by atoms with E-state index in [0.717, 1.165) is 36.8 Å². The molecule has 0 saturated heterocycles. The second-order valence-electron chi connectivity index (χ2n) is 9.41. The number of primary sulfonamides is 1. The van der Waals surface area contributed by atoms with Crippen LogP contribution in [0.5, 0.6) is 0 Å². The van der Waals surface area contributed by atoms with Gasteiger partial charge in [0.2, 0.25) is 15.9 Å². The third-order valence-corrected chi connectivity index (χ3v) is 7.80. The Bertz CT molecular complexity index is 1380. The van der Waals surface area contributed by atoms with Crippen LogP contribution in [0.1, 0.15) is 48.8 Å². The average molecular weight is 521 g/mol. The van der Waals surface area contributed by atoms with Crippen molar-refractivity contribution in [3.63, 3.8) is 0 Å². The lowest BCUT2D eigenvalue weighted by Gasteiger charge is -2.35. The normalized spacial score (nSPS) is 14.9. The Morgan fingerprint density at radius 3 is 2.32 bits per heavy atom. The maximum atomic E-state index is 13.6. The summed E-state index contributed by atoms with van der Waals surface area (Å²) >= 11 is 0. The summed E-state index contributed by atoms with van der Waals surface area (Å²) in [5, 5.41) is 17.5. The van der Waals surface area contributed by atoms with Crippen LogP contribution in [0.2, 0.25) is 0 Å². The van der Waals surface area contributed by atoms with Gasteiger partial charge < -0.3 is 15.8 Å². The largest absolute Gasteiger partial charge is 0.409 e. The van der Waals surface area contributed by atoms with Crippen molar-refractivity contribution in [3.05, 3.63) is 89.5 Å². The van der Waals surface area contributed by atoms with Gasteiger partial charge in [-0.2, -0.15) is 0 Å². The fraction of sp³-hybridized carbons (Fsp3) is 0.286. The molecule has 3 aromatic carbocycles. The minimum atomic E-state index is -3.86. The summed E-state index contributed by atoms with van der Waals surface area (Å²) in [5.74, 6) is 0.0558. The molecule has 8 nitrogen and oxygen atoms in total. The molecule has 0 aliphatic heterocycles. The minimum absolute atomic E-state index is 0.0267. The number of oxime groups is 1. The SMILES string of the molecule is NC(=NO)c1cccc(CN(C(=O)Cc2ccc(-c3ccccc3S(N)(=O)=O)cc2)C2CCCCC2)c1. The van der Waals surface area contributed by atoms with Gasteiger partial charge >= 0.3 is 0 Å². The summed E-state index contributed by atoms with van der Waals surface area (Å²) in [7, 11) is -3.86. The van der Waals surface area contributed by atoms with E-state index in [1.807, 2.05) is 47.4 Å². The molecule has 5 N–H and O–H groups in total. The van der Waals surface area contributed by atoms with E-state index in [1.165, 1.54) is 12.5 Å². The van der Waals surface area contributed by atoms with Gasteiger partial charge in [0.25, 0.3) is 0 Å². The summed E-state index contributed by atoms with van der Waals surface area (Å²) in [6, 6.07) is 21.5. The number of amides is 1. The van der Waals surface area contributed by atoms with Crippen molar-refractivity contribution in [2.75, 3.05) is 0 Å². The van der Waals surface area contributed by atoms with Gasteiger partial charge in [-0.15, -0.1) is 0 Å². The van der Waals surface area contributed by atoms with Crippen molar-refractivity contribution >= 4 is 21.8 Å². The fourth-order valence-corrected chi connectivity index (χ4v) is 5.69. The first-order chi connectivity index (χ1) is 17.8. The van der Waals surface area contributed by atoms with Gasteiger partial charge in [-0.05, 0) is 41.7 Å². The van der Waals surface area contributed by atoms with Crippen LogP contribution in [0.15, 0.2) is 82.8 Å². The zero-order valence-corrected chi connectivity index (χ0v) is 21.4. The highest BCUT2D eigenvalue weighted by Crippen LogP contribution is 2.28. The molecule has 37 heavy (non-hydrogen) atoms. The number of nitrogens with two attached hydrogens (primary N) is 2. The maximum absolute atomic E-state index is 13.6. The fourth-order valence-electron chi connectivity index (χ4n) is 4.93. The molecule has 1 aliphatic rings. The quantitative estimate of drug-likeness (QED) is 0.178. The molecule has 0 bridgehead atoms. The highest BCUT2D eigenvalue weighted by atomic mass is 32.2. The molecule has 1 fully saturated rings. The predicted octanol–water partition coefficient (Wildman–Crippen LogP) is 4.00.